The van der Waals surface area contributed by atoms with Gasteiger partial charge in [-0.1, -0.05) is 6.92 Å². The van der Waals surface area contributed by atoms with E-state index < -0.39 is 5.97 Å². The molecule has 2 aromatic rings. The number of thiocarbonyl (C=S) groups is 1. The van der Waals surface area contributed by atoms with Crippen molar-refractivity contribution in [3.8, 4) is 5.75 Å². The highest BCUT2D eigenvalue weighted by Gasteiger charge is 2.27. The Morgan fingerprint density at radius 2 is 1.96 bits per heavy atom. The quantitative estimate of drug-likeness (QED) is 0.547. The number of carbonyl (C=O) groups excluding carboxylic acids is 2. The van der Waals surface area contributed by atoms with E-state index in [0.29, 0.717) is 22.7 Å². The molecule has 0 fully saturated rings. The minimum absolute atomic E-state index is 0.140. The summed E-state index contributed by atoms with van der Waals surface area (Å²) in [6.45, 7) is 2.66. The maximum atomic E-state index is 12.4. The third-order valence-corrected chi connectivity index (χ3v) is 5.77. The van der Waals surface area contributed by atoms with Crippen molar-refractivity contribution in [2.45, 2.75) is 32.6 Å². The number of anilines is 1. The predicted octanol–water partition coefficient (Wildman–Crippen LogP) is 3.94. The maximum absolute atomic E-state index is 12.4. The Kier molecular flexibility index (Phi) is 6.64. The molecule has 148 valence electrons. The molecule has 0 bridgehead atoms. The van der Waals surface area contributed by atoms with E-state index in [9.17, 15) is 9.59 Å². The molecule has 1 aliphatic carbocycles. The van der Waals surface area contributed by atoms with E-state index in [2.05, 4.69) is 10.6 Å². The van der Waals surface area contributed by atoms with Crippen molar-refractivity contribution >= 4 is 45.5 Å². The highest BCUT2D eigenvalue weighted by Crippen LogP contribution is 2.39. The molecule has 8 heteroatoms. The number of esters is 1. The summed E-state index contributed by atoms with van der Waals surface area (Å²) >= 11 is 6.76. The molecule has 6 nitrogen and oxygen atoms in total. The van der Waals surface area contributed by atoms with Gasteiger partial charge in [-0.3, -0.25) is 10.1 Å². The summed E-state index contributed by atoms with van der Waals surface area (Å²) in [6, 6.07) is 6.87. The Balaban J connectivity index is 1.66. The van der Waals surface area contributed by atoms with Crippen molar-refractivity contribution in [2.24, 2.45) is 0 Å². The number of amides is 1. The summed E-state index contributed by atoms with van der Waals surface area (Å²) in [5.41, 5.74) is 2.01. The van der Waals surface area contributed by atoms with E-state index in [-0.39, 0.29) is 11.0 Å². The Bertz CT molecular complexity index is 890. The van der Waals surface area contributed by atoms with Gasteiger partial charge in [-0.2, -0.15) is 0 Å². The first-order valence-corrected chi connectivity index (χ1v) is 10.3. The molecule has 1 amide bonds. The van der Waals surface area contributed by atoms with Crippen LogP contribution in [0, 0.1) is 0 Å². The molecule has 0 aliphatic heterocycles. The first-order valence-electron chi connectivity index (χ1n) is 9.11. The lowest BCUT2D eigenvalue weighted by Gasteiger charge is -2.11. The topological polar surface area (TPSA) is 76.7 Å². The SMILES string of the molecule is CCCOc1ccc(C(=O)NC(=S)Nc2sc3c(c2C(=O)OC)CCC3)cc1. The average Bonchev–Trinajstić information content (AvgIpc) is 3.26. The van der Waals surface area contributed by atoms with Gasteiger partial charge in [0.25, 0.3) is 5.91 Å². The van der Waals surface area contributed by atoms with Gasteiger partial charge in [0.2, 0.25) is 0 Å². The van der Waals surface area contributed by atoms with E-state index in [1.165, 1.54) is 23.3 Å². The van der Waals surface area contributed by atoms with E-state index in [1.54, 1.807) is 24.3 Å². The van der Waals surface area contributed by atoms with Crippen LogP contribution in [-0.4, -0.2) is 30.7 Å². The van der Waals surface area contributed by atoms with Gasteiger partial charge in [0.15, 0.2) is 5.11 Å². The van der Waals surface area contributed by atoms with E-state index in [1.807, 2.05) is 6.92 Å². The lowest BCUT2D eigenvalue weighted by Crippen LogP contribution is -2.34. The number of fused-ring (bicyclic) bond motifs is 1. The number of rotatable bonds is 6. The predicted molar refractivity (Wildman–Crippen MR) is 114 cm³/mol. The molecule has 0 saturated carbocycles. The normalized spacial score (nSPS) is 12.2. The van der Waals surface area contributed by atoms with Gasteiger partial charge >= 0.3 is 5.97 Å². The molecule has 1 heterocycles. The number of benzene rings is 1. The van der Waals surface area contributed by atoms with Crippen LogP contribution in [0.5, 0.6) is 5.75 Å². The smallest absolute Gasteiger partial charge is 0.341 e. The van der Waals surface area contributed by atoms with Gasteiger partial charge < -0.3 is 14.8 Å². The van der Waals surface area contributed by atoms with Crippen molar-refractivity contribution in [2.75, 3.05) is 19.0 Å². The molecule has 0 atom stereocenters. The molecule has 0 radical (unpaired) electrons. The van der Waals surface area contributed by atoms with Crippen LogP contribution in [0.1, 0.15) is 50.9 Å². The molecular weight excluding hydrogens is 396 g/mol. The molecule has 3 rings (SSSR count). The largest absolute Gasteiger partial charge is 0.494 e. The fourth-order valence-corrected chi connectivity index (χ4v) is 4.58. The third-order valence-electron chi connectivity index (χ3n) is 4.35. The van der Waals surface area contributed by atoms with Gasteiger partial charge in [-0.05, 0) is 67.7 Å². The molecule has 28 heavy (non-hydrogen) atoms. The second-order valence-electron chi connectivity index (χ2n) is 6.33. The van der Waals surface area contributed by atoms with Gasteiger partial charge in [0, 0.05) is 10.4 Å². The third kappa shape index (κ3) is 4.51. The number of methoxy groups -OCH3 is 1. The molecule has 1 aromatic heterocycles. The summed E-state index contributed by atoms with van der Waals surface area (Å²) in [4.78, 5) is 25.8. The van der Waals surface area contributed by atoms with E-state index >= 15 is 0 Å². The Morgan fingerprint density at radius 1 is 1.21 bits per heavy atom. The van der Waals surface area contributed by atoms with Gasteiger partial charge in [0.05, 0.1) is 19.3 Å². The zero-order valence-corrected chi connectivity index (χ0v) is 17.4. The summed E-state index contributed by atoms with van der Waals surface area (Å²) in [7, 11) is 1.36. The molecule has 0 saturated heterocycles. The summed E-state index contributed by atoms with van der Waals surface area (Å²) in [5, 5.41) is 6.40. The number of aryl methyl sites for hydroxylation is 1. The fraction of sp³-hybridized carbons (Fsp3) is 0.350. The highest BCUT2D eigenvalue weighted by atomic mass is 32.1. The Morgan fingerprint density at radius 3 is 2.64 bits per heavy atom. The molecule has 0 spiro atoms. The lowest BCUT2D eigenvalue weighted by molar-refractivity contribution is 0.0601. The minimum atomic E-state index is -0.390. The maximum Gasteiger partial charge on any atom is 0.341 e. The number of nitrogens with one attached hydrogen (secondary N) is 2. The minimum Gasteiger partial charge on any atom is -0.494 e. The average molecular weight is 419 g/mol. The van der Waals surface area contributed by atoms with Crippen LogP contribution in [0.15, 0.2) is 24.3 Å². The Labute approximate surface area is 173 Å². The van der Waals surface area contributed by atoms with Crippen LogP contribution in [0.25, 0.3) is 0 Å². The van der Waals surface area contributed by atoms with E-state index in [4.69, 9.17) is 21.7 Å². The summed E-state index contributed by atoms with van der Waals surface area (Å²) in [6.07, 6.45) is 3.74. The molecular formula is C20H22N2O4S2. The van der Waals surface area contributed by atoms with Gasteiger partial charge in [0.1, 0.15) is 10.8 Å². The van der Waals surface area contributed by atoms with Crippen LogP contribution < -0.4 is 15.4 Å². The molecule has 2 N–H and O–H groups in total. The van der Waals surface area contributed by atoms with Crippen molar-refractivity contribution in [3.05, 3.63) is 45.8 Å². The monoisotopic (exact) mass is 418 g/mol. The summed E-state index contributed by atoms with van der Waals surface area (Å²) in [5.74, 6) is -0.00289. The van der Waals surface area contributed by atoms with Crippen molar-refractivity contribution in [3.63, 3.8) is 0 Å². The van der Waals surface area contributed by atoms with Crippen LogP contribution in [0.2, 0.25) is 0 Å². The van der Waals surface area contributed by atoms with Crippen LogP contribution in [-0.2, 0) is 17.6 Å². The first-order chi connectivity index (χ1) is 13.5. The molecule has 0 unspecified atom stereocenters. The van der Waals surface area contributed by atoms with Crippen molar-refractivity contribution in [1.29, 1.82) is 0 Å². The van der Waals surface area contributed by atoms with Crippen molar-refractivity contribution < 1.29 is 19.1 Å². The zero-order valence-electron chi connectivity index (χ0n) is 15.8. The molecule has 1 aromatic carbocycles. The molecule has 1 aliphatic rings. The number of ether oxygens (including phenoxy) is 2. The van der Waals surface area contributed by atoms with E-state index in [0.717, 1.165) is 37.0 Å². The Hall–Kier alpha value is -2.45. The van der Waals surface area contributed by atoms with Gasteiger partial charge in [-0.25, -0.2) is 4.79 Å². The summed E-state index contributed by atoms with van der Waals surface area (Å²) < 4.78 is 10.4. The highest BCUT2D eigenvalue weighted by molar-refractivity contribution is 7.80. The zero-order chi connectivity index (χ0) is 20.1. The standard InChI is InChI=1S/C20H22N2O4S2/c1-3-11-26-13-9-7-12(8-10-13)17(23)21-20(27)22-18-16(19(24)25-2)14-5-4-6-15(14)28-18/h7-10H,3-6,11H2,1-2H3,(H2,21,22,23,27). The van der Waals surface area contributed by atoms with Crippen LogP contribution >= 0.6 is 23.6 Å². The lowest BCUT2D eigenvalue weighted by atomic mass is 10.1. The first kappa shape index (κ1) is 20.3. The number of carbonyl (C=O) groups is 2. The van der Waals surface area contributed by atoms with Crippen molar-refractivity contribution in [1.82, 2.24) is 5.32 Å². The number of thiophene rings is 1. The van der Waals surface area contributed by atoms with Crippen LogP contribution in [0.4, 0.5) is 5.00 Å². The van der Waals surface area contributed by atoms with Crippen LogP contribution in [0.3, 0.4) is 0 Å². The number of hydrogen-bond donors (Lipinski definition) is 2. The fourth-order valence-electron chi connectivity index (χ4n) is 3.04. The van der Waals surface area contributed by atoms with Gasteiger partial charge in [-0.15, -0.1) is 11.3 Å². The second-order valence-corrected chi connectivity index (χ2v) is 7.85. The second kappa shape index (κ2) is 9.16. The number of hydrogen-bond acceptors (Lipinski definition) is 6.